The van der Waals surface area contributed by atoms with Crippen molar-refractivity contribution >= 4 is 0 Å². The Morgan fingerprint density at radius 2 is 1.92 bits per heavy atom. The van der Waals surface area contributed by atoms with Gasteiger partial charge in [-0.05, 0) is 19.8 Å². The predicted molar refractivity (Wildman–Crippen MR) is 57.9 cm³/mol. The number of aliphatic hydroxyl groups excluding tert-OH is 1. The summed E-state index contributed by atoms with van der Waals surface area (Å²) in [6.45, 7) is 6.79. The molecule has 2 N–H and O–H groups in total. The standard InChI is InChI=1S/C11H25NO/c1-4-6-7-8-10(3)12-11(5-2)9-13/h10-13H,4-9H2,1-3H3/t10-,11+/m1/s1. The van der Waals surface area contributed by atoms with Crippen LogP contribution < -0.4 is 5.32 Å². The maximum atomic E-state index is 8.98. The van der Waals surface area contributed by atoms with Crippen LogP contribution in [0.4, 0.5) is 0 Å². The second-order valence-corrected chi connectivity index (χ2v) is 3.85. The quantitative estimate of drug-likeness (QED) is 0.572. The lowest BCUT2D eigenvalue weighted by Gasteiger charge is -2.20. The van der Waals surface area contributed by atoms with Gasteiger partial charge in [-0.15, -0.1) is 0 Å². The van der Waals surface area contributed by atoms with Crippen LogP contribution in [0.1, 0.15) is 52.9 Å². The van der Waals surface area contributed by atoms with Crippen LogP contribution in [0.25, 0.3) is 0 Å². The second kappa shape index (κ2) is 8.52. The van der Waals surface area contributed by atoms with Gasteiger partial charge < -0.3 is 10.4 Å². The first-order valence-electron chi connectivity index (χ1n) is 5.61. The first-order valence-corrected chi connectivity index (χ1v) is 5.61. The monoisotopic (exact) mass is 187 g/mol. The molecule has 0 spiro atoms. The van der Waals surface area contributed by atoms with Crippen molar-refractivity contribution in [3.63, 3.8) is 0 Å². The van der Waals surface area contributed by atoms with Crippen LogP contribution in [0.15, 0.2) is 0 Å². The van der Waals surface area contributed by atoms with Crippen molar-refractivity contribution in [1.82, 2.24) is 5.32 Å². The summed E-state index contributed by atoms with van der Waals surface area (Å²) in [6, 6.07) is 0.834. The summed E-state index contributed by atoms with van der Waals surface area (Å²) >= 11 is 0. The number of hydrogen-bond acceptors (Lipinski definition) is 2. The van der Waals surface area contributed by atoms with Crippen molar-refractivity contribution in [1.29, 1.82) is 0 Å². The van der Waals surface area contributed by atoms with E-state index in [4.69, 9.17) is 5.11 Å². The lowest BCUT2D eigenvalue weighted by atomic mass is 10.1. The molecule has 0 aromatic carbocycles. The maximum absolute atomic E-state index is 8.98. The molecule has 0 saturated heterocycles. The van der Waals surface area contributed by atoms with Gasteiger partial charge in [-0.1, -0.05) is 33.1 Å². The van der Waals surface area contributed by atoms with Gasteiger partial charge in [0.15, 0.2) is 0 Å². The van der Waals surface area contributed by atoms with Gasteiger partial charge in [0.2, 0.25) is 0 Å². The molecular weight excluding hydrogens is 162 g/mol. The van der Waals surface area contributed by atoms with Crippen LogP contribution in [-0.4, -0.2) is 23.8 Å². The summed E-state index contributed by atoms with van der Waals surface area (Å²) in [5.74, 6) is 0. The molecule has 0 aliphatic carbocycles. The topological polar surface area (TPSA) is 32.3 Å². The third kappa shape index (κ3) is 7.03. The Kier molecular flexibility index (Phi) is 8.46. The molecule has 0 unspecified atom stereocenters. The summed E-state index contributed by atoms with van der Waals surface area (Å²) in [4.78, 5) is 0. The third-order valence-electron chi connectivity index (χ3n) is 2.47. The van der Waals surface area contributed by atoms with Crippen molar-refractivity contribution in [3.8, 4) is 0 Å². The Balaban J connectivity index is 3.42. The molecule has 80 valence electrons. The van der Waals surface area contributed by atoms with E-state index < -0.39 is 0 Å². The SMILES string of the molecule is CCCCC[C@@H](C)N[C@@H](CC)CO. The molecule has 0 rings (SSSR count). The minimum absolute atomic E-state index is 0.259. The molecular formula is C11H25NO. The normalized spacial score (nSPS) is 15.7. The average Bonchev–Trinajstić information content (AvgIpc) is 2.14. The zero-order valence-electron chi connectivity index (χ0n) is 9.34. The summed E-state index contributed by atoms with van der Waals surface area (Å²) in [7, 11) is 0. The minimum Gasteiger partial charge on any atom is -0.395 e. The Morgan fingerprint density at radius 3 is 2.38 bits per heavy atom. The molecule has 0 heterocycles. The highest BCUT2D eigenvalue weighted by Crippen LogP contribution is 2.04. The average molecular weight is 187 g/mol. The lowest BCUT2D eigenvalue weighted by molar-refractivity contribution is 0.227. The number of hydrogen-bond donors (Lipinski definition) is 2. The Morgan fingerprint density at radius 1 is 1.23 bits per heavy atom. The fourth-order valence-corrected chi connectivity index (χ4v) is 1.49. The van der Waals surface area contributed by atoms with Crippen molar-refractivity contribution in [2.24, 2.45) is 0 Å². The molecule has 0 aliphatic rings. The Bertz CT molecular complexity index is 102. The predicted octanol–water partition coefficient (Wildman–Crippen LogP) is 2.32. The minimum atomic E-state index is 0.259. The Hall–Kier alpha value is -0.0800. The molecule has 0 aliphatic heterocycles. The highest BCUT2D eigenvalue weighted by molar-refractivity contribution is 4.69. The molecule has 0 fully saturated rings. The molecule has 2 heteroatoms. The molecule has 0 saturated carbocycles. The lowest BCUT2D eigenvalue weighted by Crippen LogP contribution is -2.38. The third-order valence-corrected chi connectivity index (χ3v) is 2.47. The summed E-state index contributed by atoms with van der Waals surface area (Å²) in [6.07, 6.45) is 6.14. The van der Waals surface area contributed by atoms with E-state index in [0.29, 0.717) is 6.04 Å². The fourth-order valence-electron chi connectivity index (χ4n) is 1.49. The van der Waals surface area contributed by atoms with E-state index in [-0.39, 0.29) is 12.6 Å². The van der Waals surface area contributed by atoms with Crippen LogP contribution in [0.3, 0.4) is 0 Å². The van der Waals surface area contributed by atoms with Crippen LogP contribution in [0.2, 0.25) is 0 Å². The molecule has 0 radical (unpaired) electrons. The first kappa shape index (κ1) is 12.9. The van der Waals surface area contributed by atoms with Gasteiger partial charge >= 0.3 is 0 Å². The maximum Gasteiger partial charge on any atom is 0.0584 e. The molecule has 0 aromatic rings. The second-order valence-electron chi connectivity index (χ2n) is 3.85. The number of unbranched alkanes of at least 4 members (excludes halogenated alkanes) is 2. The summed E-state index contributed by atoms with van der Waals surface area (Å²) in [5, 5.41) is 12.4. The van der Waals surface area contributed by atoms with Crippen LogP contribution in [0, 0.1) is 0 Å². The molecule has 2 nitrogen and oxygen atoms in total. The van der Waals surface area contributed by atoms with Gasteiger partial charge in [-0.2, -0.15) is 0 Å². The van der Waals surface area contributed by atoms with Gasteiger partial charge in [0, 0.05) is 12.1 Å². The van der Waals surface area contributed by atoms with E-state index in [1.807, 2.05) is 0 Å². The highest BCUT2D eigenvalue weighted by atomic mass is 16.3. The summed E-state index contributed by atoms with van der Waals surface area (Å²) in [5.41, 5.74) is 0. The van der Waals surface area contributed by atoms with Gasteiger partial charge in [0.1, 0.15) is 0 Å². The molecule has 0 aromatic heterocycles. The van der Waals surface area contributed by atoms with Gasteiger partial charge in [0.05, 0.1) is 6.61 Å². The molecule has 13 heavy (non-hydrogen) atoms. The smallest absolute Gasteiger partial charge is 0.0584 e. The van der Waals surface area contributed by atoms with E-state index in [2.05, 4.69) is 26.1 Å². The van der Waals surface area contributed by atoms with E-state index in [9.17, 15) is 0 Å². The van der Waals surface area contributed by atoms with Crippen molar-refractivity contribution in [2.45, 2.75) is 65.0 Å². The summed E-state index contributed by atoms with van der Waals surface area (Å²) < 4.78 is 0. The van der Waals surface area contributed by atoms with Gasteiger partial charge in [-0.3, -0.25) is 0 Å². The van der Waals surface area contributed by atoms with Gasteiger partial charge in [-0.25, -0.2) is 0 Å². The van der Waals surface area contributed by atoms with Crippen molar-refractivity contribution in [2.75, 3.05) is 6.61 Å². The number of nitrogens with one attached hydrogen (secondary N) is 1. The van der Waals surface area contributed by atoms with E-state index >= 15 is 0 Å². The molecule has 2 atom stereocenters. The Labute approximate surface area is 82.7 Å². The highest BCUT2D eigenvalue weighted by Gasteiger charge is 2.07. The van der Waals surface area contributed by atoms with Crippen LogP contribution in [-0.2, 0) is 0 Å². The zero-order chi connectivity index (χ0) is 10.1. The van der Waals surface area contributed by atoms with E-state index in [1.165, 1.54) is 25.7 Å². The van der Waals surface area contributed by atoms with Crippen molar-refractivity contribution in [3.05, 3.63) is 0 Å². The largest absolute Gasteiger partial charge is 0.395 e. The van der Waals surface area contributed by atoms with Crippen LogP contribution >= 0.6 is 0 Å². The fraction of sp³-hybridized carbons (Fsp3) is 1.00. The number of rotatable bonds is 8. The molecule has 0 amide bonds. The van der Waals surface area contributed by atoms with E-state index in [0.717, 1.165) is 6.42 Å². The first-order chi connectivity index (χ1) is 6.24. The van der Waals surface area contributed by atoms with Gasteiger partial charge in [0.25, 0.3) is 0 Å². The number of aliphatic hydroxyl groups is 1. The van der Waals surface area contributed by atoms with Crippen LogP contribution in [0.5, 0.6) is 0 Å². The molecule has 0 bridgehead atoms. The van der Waals surface area contributed by atoms with Crippen molar-refractivity contribution < 1.29 is 5.11 Å². The zero-order valence-corrected chi connectivity index (χ0v) is 9.34. The van der Waals surface area contributed by atoms with E-state index in [1.54, 1.807) is 0 Å².